The first-order valence-corrected chi connectivity index (χ1v) is 11.7. The van der Waals surface area contributed by atoms with Crippen LogP contribution in [0.4, 0.5) is 0 Å². The van der Waals surface area contributed by atoms with Gasteiger partial charge in [-0.05, 0) is 98.0 Å². The van der Waals surface area contributed by atoms with Gasteiger partial charge in [0.15, 0.2) is 0 Å². The molecule has 0 aromatic heterocycles. The predicted molar refractivity (Wildman–Crippen MR) is 139 cm³/mol. The zero-order valence-corrected chi connectivity index (χ0v) is 21.7. The van der Waals surface area contributed by atoms with Gasteiger partial charge in [0.25, 0.3) is 0 Å². The van der Waals surface area contributed by atoms with Gasteiger partial charge in [-0.1, -0.05) is 63.6 Å². The highest BCUT2D eigenvalue weighted by Gasteiger charge is 2.25. The van der Waals surface area contributed by atoms with Crippen molar-refractivity contribution in [1.82, 2.24) is 0 Å². The van der Waals surface area contributed by atoms with E-state index in [4.69, 9.17) is 0 Å². The first-order valence-electron chi connectivity index (χ1n) is 11.7. The zero-order chi connectivity index (χ0) is 25.1. The molecule has 0 bridgehead atoms. The third-order valence-electron chi connectivity index (χ3n) is 6.52. The van der Waals surface area contributed by atoms with E-state index in [2.05, 4.69) is 32.9 Å². The minimum atomic E-state index is -0.188. The minimum Gasteiger partial charge on any atom is -0.507 e. The Morgan fingerprint density at radius 2 is 0.818 bits per heavy atom. The number of hydrogen-bond donors (Lipinski definition) is 3. The highest BCUT2D eigenvalue weighted by atomic mass is 16.3. The summed E-state index contributed by atoms with van der Waals surface area (Å²) in [6, 6.07) is 12.3. The fraction of sp³-hybridized carbons (Fsp3) is 0.400. The first-order chi connectivity index (χ1) is 15.3. The van der Waals surface area contributed by atoms with E-state index in [1.54, 1.807) is 0 Å². The molecular formula is C30H40O3. The van der Waals surface area contributed by atoms with E-state index in [-0.39, 0.29) is 5.41 Å². The average molecular weight is 449 g/mol. The first kappa shape index (κ1) is 26.3. The molecule has 0 aliphatic carbocycles. The Labute approximate surface area is 199 Å². The van der Waals surface area contributed by atoms with Crippen LogP contribution >= 0.6 is 0 Å². The smallest absolute Gasteiger partial charge is 0.121 e. The fourth-order valence-corrected chi connectivity index (χ4v) is 4.28. The van der Waals surface area contributed by atoms with Crippen molar-refractivity contribution in [2.45, 2.75) is 80.6 Å². The van der Waals surface area contributed by atoms with Gasteiger partial charge in [-0.2, -0.15) is 0 Å². The largest absolute Gasteiger partial charge is 0.507 e. The SMILES string of the molecule is CCCc1cc(C)c(O)c(C)c1.Cc1cc(C(C)(C)c2cc(C)c(O)c(C)c2)cc(C)c1O. The topological polar surface area (TPSA) is 60.7 Å². The van der Waals surface area contributed by atoms with Gasteiger partial charge in [0.05, 0.1) is 0 Å². The van der Waals surface area contributed by atoms with Crippen LogP contribution in [0.15, 0.2) is 36.4 Å². The molecule has 3 N–H and O–H groups in total. The van der Waals surface area contributed by atoms with Crippen LogP contribution < -0.4 is 0 Å². The Kier molecular flexibility index (Phi) is 8.24. The van der Waals surface area contributed by atoms with Gasteiger partial charge in [-0.15, -0.1) is 0 Å². The Morgan fingerprint density at radius 1 is 0.545 bits per heavy atom. The maximum atomic E-state index is 9.96. The monoisotopic (exact) mass is 448 g/mol. The highest BCUT2D eigenvalue weighted by Crippen LogP contribution is 2.37. The normalized spacial score (nSPS) is 11.2. The average Bonchev–Trinajstić information content (AvgIpc) is 2.74. The number of aromatic hydroxyl groups is 3. The van der Waals surface area contributed by atoms with Gasteiger partial charge in [0.2, 0.25) is 0 Å². The number of phenols is 3. The molecule has 0 atom stereocenters. The maximum absolute atomic E-state index is 9.96. The van der Waals surface area contributed by atoms with Gasteiger partial charge in [0, 0.05) is 5.41 Å². The van der Waals surface area contributed by atoms with E-state index in [0.717, 1.165) is 46.2 Å². The fourth-order valence-electron chi connectivity index (χ4n) is 4.28. The molecule has 0 radical (unpaired) electrons. The van der Waals surface area contributed by atoms with Gasteiger partial charge >= 0.3 is 0 Å². The van der Waals surface area contributed by atoms with Gasteiger partial charge < -0.3 is 15.3 Å². The van der Waals surface area contributed by atoms with Crippen LogP contribution in [-0.4, -0.2) is 15.3 Å². The lowest BCUT2D eigenvalue weighted by Gasteiger charge is -2.28. The minimum absolute atomic E-state index is 0.188. The molecule has 3 aromatic carbocycles. The predicted octanol–water partition coefficient (Wildman–Crippen LogP) is 7.62. The van der Waals surface area contributed by atoms with Gasteiger partial charge in [-0.3, -0.25) is 0 Å². The van der Waals surface area contributed by atoms with Crippen LogP contribution in [0.5, 0.6) is 17.2 Å². The molecule has 0 saturated heterocycles. The molecule has 3 heteroatoms. The van der Waals surface area contributed by atoms with E-state index >= 15 is 0 Å². The Bertz CT molecular complexity index is 1010. The van der Waals surface area contributed by atoms with Crippen LogP contribution in [0.25, 0.3) is 0 Å². The van der Waals surface area contributed by atoms with Crippen molar-refractivity contribution in [3.63, 3.8) is 0 Å². The molecule has 0 amide bonds. The lowest BCUT2D eigenvalue weighted by Crippen LogP contribution is -2.19. The summed E-state index contributed by atoms with van der Waals surface area (Å²) in [4.78, 5) is 0. The molecule has 3 rings (SSSR count). The van der Waals surface area contributed by atoms with Crippen LogP contribution in [0.1, 0.15) is 77.3 Å². The molecule has 3 nitrogen and oxygen atoms in total. The summed E-state index contributed by atoms with van der Waals surface area (Å²) >= 11 is 0. The van der Waals surface area contributed by atoms with E-state index in [0.29, 0.717) is 17.2 Å². The summed E-state index contributed by atoms with van der Waals surface area (Å²) in [5.41, 5.74) is 9.01. The molecular weight excluding hydrogens is 408 g/mol. The molecule has 178 valence electrons. The Balaban J connectivity index is 0.000000273. The third kappa shape index (κ3) is 5.90. The van der Waals surface area contributed by atoms with Crippen molar-refractivity contribution in [3.8, 4) is 17.2 Å². The number of aryl methyl sites for hydroxylation is 7. The molecule has 0 spiro atoms. The lowest BCUT2D eigenvalue weighted by atomic mass is 9.76. The van der Waals surface area contributed by atoms with Crippen LogP contribution in [-0.2, 0) is 11.8 Å². The van der Waals surface area contributed by atoms with Crippen molar-refractivity contribution in [2.75, 3.05) is 0 Å². The van der Waals surface area contributed by atoms with E-state index < -0.39 is 0 Å². The second-order valence-corrected chi connectivity index (χ2v) is 9.87. The van der Waals surface area contributed by atoms with Gasteiger partial charge in [0.1, 0.15) is 17.2 Å². The second kappa shape index (κ2) is 10.3. The summed E-state index contributed by atoms with van der Waals surface area (Å²) in [5.74, 6) is 1.18. The van der Waals surface area contributed by atoms with E-state index in [1.165, 1.54) is 16.7 Å². The van der Waals surface area contributed by atoms with Crippen molar-refractivity contribution in [3.05, 3.63) is 86.5 Å². The summed E-state index contributed by atoms with van der Waals surface area (Å²) < 4.78 is 0. The zero-order valence-electron chi connectivity index (χ0n) is 21.7. The lowest BCUT2D eigenvalue weighted by molar-refractivity contribution is 0.464. The van der Waals surface area contributed by atoms with Crippen molar-refractivity contribution in [2.24, 2.45) is 0 Å². The highest BCUT2D eigenvalue weighted by molar-refractivity contribution is 5.51. The molecule has 0 aliphatic heterocycles. The number of rotatable bonds is 4. The van der Waals surface area contributed by atoms with Crippen LogP contribution in [0, 0.1) is 41.5 Å². The second-order valence-electron chi connectivity index (χ2n) is 9.87. The van der Waals surface area contributed by atoms with E-state index in [1.807, 2.05) is 65.8 Å². The van der Waals surface area contributed by atoms with Crippen molar-refractivity contribution < 1.29 is 15.3 Å². The number of benzene rings is 3. The maximum Gasteiger partial charge on any atom is 0.121 e. The van der Waals surface area contributed by atoms with Crippen LogP contribution in [0.3, 0.4) is 0 Å². The molecule has 0 unspecified atom stereocenters. The molecule has 3 aromatic rings. The Hall–Kier alpha value is -2.94. The van der Waals surface area contributed by atoms with Gasteiger partial charge in [-0.25, -0.2) is 0 Å². The quantitative estimate of drug-likeness (QED) is 0.385. The summed E-state index contributed by atoms with van der Waals surface area (Å²) in [5, 5.41) is 29.4. The van der Waals surface area contributed by atoms with Crippen molar-refractivity contribution >= 4 is 0 Å². The molecule has 33 heavy (non-hydrogen) atoms. The molecule has 0 heterocycles. The van der Waals surface area contributed by atoms with Crippen molar-refractivity contribution in [1.29, 1.82) is 0 Å². The molecule has 0 aliphatic rings. The Morgan fingerprint density at radius 3 is 1.09 bits per heavy atom. The number of phenolic OH excluding ortho intramolecular Hbond substituents is 3. The van der Waals surface area contributed by atoms with Crippen LogP contribution in [0.2, 0.25) is 0 Å². The summed E-state index contributed by atoms with van der Waals surface area (Å²) in [6.45, 7) is 18.1. The molecule has 0 saturated carbocycles. The number of hydrogen-bond acceptors (Lipinski definition) is 3. The standard InChI is InChI=1S/C19H24O2.C11H16O/c1-11-7-15(8-12(2)17(11)20)19(5,6)16-9-13(3)18(21)14(4)10-16;1-4-5-10-6-8(2)11(12)9(3)7-10/h7-10,20-21H,1-6H3;6-7,12H,4-5H2,1-3H3. The van der Waals surface area contributed by atoms with E-state index in [9.17, 15) is 15.3 Å². The summed E-state index contributed by atoms with van der Waals surface area (Å²) in [6.07, 6.45) is 2.26. The third-order valence-corrected chi connectivity index (χ3v) is 6.52. The molecule has 0 fully saturated rings. The summed E-state index contributed by atoms with van der Waals surface area (Å²) in [7, 11) is 0.